The van der Waals surface area contributed by atoms with Crippen LogP contribution in [-0.4, -0.2) is 61.2 Å². The Hall–Kier alpha value is -0.620. The minimum absolute atomic E-state index is 0.342. The highest BCUT2D eigenvalue weighted by molar-refractivity contribution is 9.10. The second kappa shape index (κ2) is 7.24. The number of halogens is 1. The lowest BCUT2D eigenvalue weighted by Crippen LogP contribution is -2.46. The van der Waals surface area contributed by atoms with Crippen molar-refractivity contribution in [2.75, 3.05) is 46.3 Å². The minimum Gasteiger partial charge on any atom is -0.506 e. The van der Waals surface area contributed by atoms with Crippen molar-refractivity contribution < 1.29 is 5.11 Å². The van der Waals surface area contributed by atoms with Crippen molar-refractivity contribution in [3.63, 3.8) is 0 Å². The van der Waals surface area contributed by atoms with Crippen LogP contribution >= 0.6 is 15.9 Å². The number of piperazine rings is 1. The second-order valence-corrected chi connectivity index (χ2v) is 5.92. The maximum atomic E-state index is 9.87. The molecule has 1 heterocycles. The van der Waals surface area contributed by atoms with Crippen LogP contribution in [0.5, 0.6) is 5.75 Å². The van der Waals surface area contributed by atoms with Gasteiger partial charge in [-0.15, -0.1) is 0 Å². The number of benzene rings is 1. The summed E-state index contributed by atoms with van der Waals surface area (Å²) in [7, 11) is 2.17. The van der Waals surface area contributed by atoms with Crippen molar-refractivity contribution in [1.82, 2.24) is 15.1 Å². The molecule has 1 saturated heterocycles. The molecular formula is C14H22BrN3O. The van der Waals surface area contributed by atoms with Crippen LogP contribution < -0.4 is 5.32 Å². The fraction of sp³-hybridized carbons (Fsp3) is 0.571. The third-order valence-electron chi connectivity index (χ3n) is 3.59. The lowest BCUT2D eigenvalue weighted by molar-refractivity contribution is 0.154. The third kappa shape index (κ3) is 4.45. The van der Waals surface area contributed by atoms with Crippen LogP contribution in [0.15, 0.2) is 22.7 Å². The molecular weight excluding hydrogens is 306 g/mol. The Morgan fingerprint density at radius 3 is 2.74 bits per heavy atom. The molecule has 0 atom stereocenters. The Bertz CT molecular complexity index is 406. The highest BCUT2D eigenvalue weighted by atomic mass is 79.9. The van der Waals surface area contributed by atoms with Crippen molar-refractivity contribution >= 4 is 15.9 Å². The van der Waals surface area contributed by atoms with Gasteiger partial charge >= 0.3 is 0 Å². The van der Waals surface area contributed by atoms with Crippen LogP contribution in [0, 0.1) is 0 Å². The Kier molecular flexibility index (Phi) is 5.63. The van der Waals surface area contributed by atoms with E-state index in [4.69, 9.17) is 0 Å². The zero-order chi connectivity index (χ0) is 13.7. The summed E-state index contributed by atoms with van der Waals surface area (Å²) in [4.78, 5) is 4.84. The summed E-state index contributed by atoms with van der Waals surface area (Å²) < 4.78 is 0.755. The molecule has 1 aromatic rings. The number of nitrogens with one attached hydrogen (secondary N) is 1. The van der Waals surface area contributed by atoms with Crippen LogP contribution in [0.2, 0.25) is 0 Å². The molecule has 5 heteroatoms. The van der Waals surface area contributed by atoms with Crippen LogP contribution in [0.25, 0.3) is 0 Å². The first kappa shape index (κ1) is 14.8. The molecule has 0 unspecified atom stereocenters. The molecule has 0 aromatic heterocycles. The average Bonchev–Trinajstić information content (AvgIpc) is 2.41. The molecule has 0 bridgehead atoms. The molecule has 1 fully saturated rings. The number of phenolic OH excluding ortho intramolecular Hbond substituents is 1. The Morgan fingerprint density at radius 1 is 1.26 bits per heavy atom. The van der Waals surface area contributed by atoms with Gasteiger partial charge in [-0.1, -0.05) is 12.1 Å². The molecule has 2 rings (SSSR count). The monoisotopic (exact) mass is 327 g/mol. The van der Waals surface area contributed by atoms with Gasteiger partial charge in [0.15, 0.2) is 0 Å². The van der Waals surface area contributed by atoms with E-state index < -0.39 is 0 Å². The number of phenols is 1. The van der Waals surface area contributed by atoms with Gasteiger partial charge in [0, 0.05) is 51.4 Å². The number of para-hydroxylation sites is 1. The summed E-state index contributed by atoms with van der Waals surface area (Å²) in [5.41, 5.74) is 0.938. The molecule has 106 valence electrons. The fourth-order valence-electron chi connectivity index (χ4n) is 2.23. The zero-order valence-electron chi connectivity index (χ0n) is 11.4. The minimum atomic E-state index is 0.342. The van der Waals surface area contributed by atoms with Gasteiger partial charge in [0.05, 0.1) is 4.47 Å². The average molecular weight is 328 g/mol. The van der Waals surface area contributed by atoms with Gasteiger partial charge in [0.2, 0.25) is 0 Å². The fourth-order valence-corrected chi connectivity index (χ4v) is 2.64. The van der Waals surface area contributed by atoms with E-state index in [9.17, 15) is 5.11 Å². The van der Waals surface area contributed by atoms with E-state index in [1.807, 2.05) is 18.2 Å². The largest absolute Gasteiger partial charge is 0.506 e. The van der Waals surface area contributed by atoms with E-state index >= 15 is 0 Å². The van der Waals surface area contributed by atoms with Crippen molar-refractivity contribution in [2.45, 2.75) is 6.54 Å². The Balaban J connectivity index is 1.68. The Labute approximate surface area is 123 Å². The summed E-state index contributed by atoms with van der Waals surface area (Å²) in [6, 6.07) is 5.74. The number of likely N-dealkylation sites (N-methyl/N-ethyl adjacent to an activating group) is 1. The smallest absolute Gasteiger partial charge is 0.134 e. The summed E-state index contributed by atoms with van der Waals surface area (Å²) in [6.45, 7) is 7.36. The number of hydrogen-bond acceptors (Lipinski definition) is 4. The van der Waals surface area contributed by atoms with Crippen LogP contribution in [0.4, 0.5) is 0 Å². The summed E-state index contributed by atoms with van der Waals surface area (Å²) in [6.07, 6.45) is 0. The van der Waals surface area contributed by atoms with Crippen LogP contribution in [-0.2, 0) is 6.54 Å². The van der Waals surface area contributed by atoms with Gasteiger partial charge in [-0.25, -0.2) is 0 Å². The first-order valence-corrected chi connectivity index (χ1v) is 7.54. The highest BCUT2D eigenvalue weighted by Gasteiger charge is 2.12. The van der Waals surface area contributed by atoms with Crippen molar-refractivity contribution in [2.24, 2.45) is 0 Å². The molecule has 4 nitrogen and oxygen atoms in total. The van der Waals surface area contributed by atoms with Crippen LogP contribution in [0.3, 0.4) is 0 Å². The lowest BCUT2D eigenvalue weighted by atomic mass is 10.2. The number of hydrogen-bond donors (Lipinski definition) is 2. The molecule has 0 saturated carbocycles. The first-order chi connectivity index (χ1) is 9.16. The predicted molar refractivity (Wildman–Crippen MR) is 81.5 cm³/mol. The van der Waals surface area contributed by atoms with E-state index in [1.165, 1.54) is 0 Å². The predicted octanol–water partition coefficient (Wildman–Crippen LogP) is 1.49. The Morgan fingerprint density at radius 2 is 2.00 bits per heavy atom. The molecule has 2 N–H and O–H groups in total. The quantitative estimate of drug-likeness (QED) is 0.804. The normalized spacial score (nSPS) is 17.8. The van der Waals surface area contributed by atoms with E-state index in [2.05, 4.69) is 38.1 Å². The molecule has 19 heavy (non-hydrogen) atoms. The zero-order valence-corrected chi connectivity index (χ0v) is 13.0. The van der Waals surface area contributed by atoms with Gasteiger partial charge < -0.3 is 15.3 Å². The van der Waals surface area contributed by atoms with E-state index in [-0.39, 0.29) is 0 Å². The maximum Gasteiger partial charge on any atom is 0.134 e. The SMILES string of the molecule is CN1CCN(CCNCc2cccc(Br)c2O)CC1. The van der Waals surface area contributed by atoms with Gasteiger partial charge in [0.25, 0.3) is 0 Å². The topological polar surface area (TPSA) is 38.7 Å². The van der Waals surface area contributed by atoms with Gasteiger partial charge in [-0.3, -0.25) is 4.90 Å². The highest BCUT2D eigenvalue weighted by Crippen LogP contribution is 2.27. The second-order valence-electron chi connectivity index (χ2n) is 5.07. The summed E-state index contributed by atoms with van der Waals surface area (Å²) >= 11 is 3.33. The lowest BCUT2D eigenvalue weighted by Gasteiger charge is -2.32. The molecule has 1 aliphatic heterocycles. The van der Waals surface area contributed by atoms with Gasteiger partial charge in [-0.2, -0.15) is 0 Å². The standard InChI is InChI=1S/C14H22BrN3O/c1-17-7-9-18(10-8-17)6-5-16-11-12-3-2-4-13(15)14(12)19/h2-4,16,19H,5-11H2,1H3. The number of rotatable bonds is 5. The molecule has 1 aliphatic rings. The molecule has 0 spiro atoms. The van der Waals surface area contributed by atoms with E-state index in [1.54, 1.807) is 0 Å². The molecule has 1 aromatic carbocycles. The molecule has 0 amide bonds. The van der Waals surface area contributed by atoms with Crippen molar-refractivity contribution in [1.29, 1.82) is 0 Å². The van der Waals surface area contributed by atoms with E-state index in [0.29, 0.717) is 12.3 Å². The number of nitrogens with zero attached hydrogens (tertiary/aromatic N) is 2. The first-order valence-electron chi connectivity index (χ1n) is 6.75. The number of aromatic hydroxyl groups is 1. The van der Waals surface area contributed by atoms with E-state index in [0.717, 1.165) is 49.3 Å². The van der Waals surface area contributed by atoms with Crippen molar-refractivity contribution in [3.8, 4) is 5.75 Å². The van der Waals surface area contributed by atoms with Gasteiger partial charge in [-0.05, 0) is 29.0 Å². The van der Waals surface area contributed by atoms with Gasteiger partial charge in [0.1, 0.15) is 5.75 Å². The maximum absolute atomic E-state index is 9.87. The molecule has 0 aliphatic carbocycles. The summed E-state index contributed by atoms with van der Waals surface area (Å²) in [5, 5.41) is 13.3. The third-order valence-corrected chi connectivity index (χ3v) is 4.23. The molecule has 0 radical (unpaired) electrons. The van der Waals surface area contributed by atoms with Crippen molar-refractivity contribution in [3.05, 3.63) is 28.2 Å². The summed E-state index contributed by atoms with van der Waals surface area (Å²) in [5.74, 6) is 0.342. The van der Waals surface area contributed by atoms with Crippen LogP contribution in [0.1, 0.15) is 5.56 Å².